The molecule has 27 heavy (non-hydrogen) atoms. The minimum absolute atomic E-state index is 0.0649. The van der Waals surface area contributed by atoms with E-state index in [9.17, 15) is 18.0 Å². The Hall–Kier alpha value is -1.80. The van der Waals surface area contributed by atoms with Crippen molar-refractivity contribution in [3.63, 3.8) is 0 Å². The van der Waals surface area contributed by atoms with E-state index in [0.717, 1.165) is 17.1 Å². The van der Waals surface area contributed by atoms with Gasteiger partial charge in [0, 0.05) is 23.6 Å². The number of thioether (sulfide) groups is 2. The number of ether oxygens (including phenoxy) is 1. The van der Waals surface area contributed by atoms with E-state index < -0.39 is 6.36 Å². The summed E-state index contributed by atoms with van der Waals surface area (Å²) >= 11 is 3.76. The first-order valence-corrected chi connectivity index (χ1v) is 10.5. The average molecular weight is 413 g/mol. The van der Waals surface area contributed by atoms with E-state index >= 15 is 0 Å². The third-order valence-electron chi connectivity index (χ3n) is 3.88. The second-order valence-electron chi connectivity index (χ2n) is 5.90. The lowest BCUT2D eigenvalue weighted by Gasteiger charge is -2.13. The summed E-state index contributed by atoms with van der Waals surface area (Å²) in [7, 11) is 0. The fourth-order valence-electron chi connectivity index (χ4n) is 2.72. The number of aryl methyl sites for hydroxylation is 1. The fourth-order valence-corrected chi connectivity index (χ4v) is 5.56. The van der Waals surface area contributed by atoms with Crippen LogP contribution in [0.2, 0.25) is 0 Å². The predicted molar refractivity (Wildman–Crippen MR) is 104 cm³/mol. The Balaban J connectivity index is 1.58. The summed E-state index contributed by atoms with van der Waals surface area (Å²) in [5.74, 6) is 1.71. The Morgan fingerprint density at radius 1 is 1.11 bits per heavy atom. The molecule has 0 aliphatic carbocycles. The summed E-state index contributed by atoms with van der Waals surface area (Å²) in [5, 5.41) is 2.82. The maximum Gasteiger partial charge on any atom is 0.573 e. The van der Waals surface area contributed by atoms with Crippen molar-refractivity contribution in [1.29, 1.82) is 0 Å². The number of hydrogen-bond acceptors (Lipinski definition) is 4. The third-order valence-corrected chi connectivity index (χ3v) is 6.99. The number of hydrogen-bond donors (Lipinski definition) is 1. The molecule has 0 atom stereocenters. The molecule has 1 amide bonds. The average Bonchev–Trinajstić information content (AvgIpc) is 3.15. The molecule has 2 aromatic carbocycles. The Labute approximate surface area is 164 Å². The van der Waals surface area contributed by atoms with Gasteiger partial charge in [-0.05, 0) is 35.7 Å². The molecule has 1 aliphatic heterocycles. The van der Waals surface area contributed by atoms with Gasteiger partial charge < -0.3 is 10.1 Å². The Bertz CT molecular complexity index is 793. The van der Waals surface area contributed by atoms with Gasteiger partial charge >= 0.3 is 6.36 Å². The quantitative estimate of drug-likeness (QED) is 0.666. The molecule has 0 bridgehead atoms. The second-order valence-corrected chi connectivity index (χ2v) is 8.63. The van der Waals surface area contributed by atoms with Gasteiger partial charge in [-0.1, -0.05) is 30.3 Å². The van der Waals surface area contributed by atoms with Crippen molar-refractivity contribution in [1.82, 2.24) is 0 Å². The maximum atomic E-state index is 12.5. The molecule has 2 aromatic rings. The van der Waals surface area contributed by atoms with E-state index in [4.69, 9.17) is 0 Å². The number of alkyl halides is 3. The third kappa shape index (κ3) is 6.10. The van der Waals surface area contributed by atoms with E-state index in [2.05, 4.69) is 10.1 Å². The number of carbonyl (C=O) groups excluding carboxylic acids is 1. The number of nitrogens with one attached hydrogen (secondary N) is 1. The van der Waals surface area contributed by atoms with Gasteiger partial charge in [-0.3, -0.25) is 4.79 Å². The maximum absolute atomic E-state index is 12.5. The number of carbonyl (C=O) groups is 1. The van der Waals surface area contributed by atoms with Crippen molar-refractivity contribution in [3.8, 4) is 5.75 Å². The van der Waals surface area contributed by atoms with Crippen molar-refractivity contribution >= 4 is 35.1 Å². The lowest BCUT2D eigenvalue weighted by Crippen LogP contribution is -2.18. The first kappa shape index (κ1) is 19.9. The molecule has 1 heterocycles. The number of rotatable bonds is 6. The molecule has 0 unspecified atom stereocenters. The van der Waals surface area contributed by atoms with E-state index in [0.29, 0.717) is 15.8 Å². The summed E-state index contributed by atoms with van der Waals surface area (Å²) in [5.41, 5.74) is 2.20. The van der Waals surface area contributed by atoms with Gasteiger partial charge in [0.15, 0.2) is 0 Å². The summed E-state index contributed by atoms with van der Waals surface area (Å²) in [4.78, 5) is 12.2. The van der Waals surface area contributed by atoms with Gasteiger partial charge in [-0.2, -0.15) is 0 Å². The predicted octanol–water partition coefficient (Wildman–Crippen LogP) is 5.64. The Morgan fingerprint density at radius 2 is 1.85 bits per heavy atom. The van der Waals surface area contributed by atoms with Crippen molar-refractivity contribution in [2.24, 2.45) is 0 Å². The minimum atomic E-state index is -4.75. The number of amides is 1. The van der Waals surface area contributed by atoms with Gasteiger partial charge in [0.1, 0.15) is 5.75 Å². The molecule has 0 radical (unpaired) electrons. The van der Waals surface area contributed by atoms with Crippen molar-refractivity contribution in [2.45, 2.75) is 23.8 Å². The highest BCUT2D eigenvalue weighted by atomic mass is 32.2. The fraction of sp³-hybridized carbons (Fsp3) is 0.316. The molecule has 0 aromatic heterocycles. The van der Waals surface area contributed by atoms with Crippen LogP contribution in [0.4, 0.5) is 18.9 Å². The molecule has 8 heteroatoms. The van der Waals surface area contributed by atoms with E-state index in [1.807, 2.05) is 47.8 Å². The van der Waals surface area contributed by atoms with Crippen LogP contribution in [0.25, 0.3) is 0 Å². The molecule has 0 saturated carbocycles. The topological polar surface area (TPSA) is 38.3 Å². The summed E-state index contributed by atoms with van der Waals surface area (Å²) in [6.45, 7) is 0. The molecule has 1 fully saturated rings. The molecular weight excluding hydrogens is 395 g/mol. The normalized spacial score (nSPS) is 14.9. The monoisotopic (exact) mass is 413 g/mol. The lowest BCUT2D eigenvalue weighted by atomic mass is 10.1. The molecular formula is C19H18F3NO2S2. The zero-order chi connectivity index (χ0) is 19.3. The molecule has 144 valence electrons. The van der Waals surface area contributed by atoms with Crippen LogP contribution in [-0.4, -0.2) is 23.8 Å². The molecule has 0 spiro atoms. The zero-order valence-electron chi connectivity index (χ0n) is 14.3. The van der Waals surface area contributed by atoms with Crippen LogP contribution in [0.1, 0.15) is 22.1 Å². The van der Waals surface area contributed by atoms with Crippen LogP contribution in [0.5, 0.6) is 5.75 Å². The van der Waals surface area contributed by atoms with Gasteiger partial charge in [0.05, 0.1) is 4.58 Å². The highest BCUT2D eigenvalue weighted by Crippen LogP contribution is 2.45. The SMILES string of the molecule is O=C(CCc1ccccc1OC(F)(F)F)Nc1cccc(C2SCCS2)c1. The number of anilines is 1. The van der Waals surface area contributed by atoms with Crippen molar-refractivity contribution < 1.29 is 22.7 Å². The Kier molecular flexibility index (Phi) is 6.59. The standard InChI is InChI=1S/C19H18F3NO2S2/c20-19(21,22)25-16-7-2-1-4-13(16)8-9-17(24)23-15-6-3-5-14(12-15)18-26-10-11-27-18/h1-7,12,18H,8-11H2,(H,23,24). The smallest absolute Gasteiger partial charge is 0.406 e. The van der Waals surface area contributed by atoms with Gasteiger partial charge in [0.25, 0.3) is 0 Å². The van der Waals surface area contributed by atoms with Gasteiger partial charge in [0.2, 0.25) is 5.91 Å². The van der Waals surface area contributed by atoms with E-state index in [-0.39, 0.29) is 24.5 Å². The van der Waals surface area contributed by atoms with Gasteiger partial charge in [-0.15, -0.1) is 36.7 Å². The Morgan fingerprint density at radius 3 is 2.59 bits per heavy atom. The van der Waals surface area contributed by atoms with Gasteiger partial charge in [-0.25, -0.2) is 0 Å². The first-order valence-electron chi connectivity index (χ1n) is 8.37. The number of benzene rings is 2. The molecule has 1 saturated heterocycles. The molecule has 3 nitrogen and oxygen atoms in total. The molecule has 1 N–H and O–H groups in total. The van der Waals surface area contributed by atoms with Crippen molar-refractivity contribution in [3.05, 3.63) is 59.7 Å². The van der Waals surface area contributed by atoms with Crippen LogP contribution in [0, 0.1) is 0 Å². The van der Waals surface area contributed by atoms with Crippen LogP contribution in [-0.2, 0) is 11.2 Å². The first-order chi connectivity index (χ1) is 12.9. The highest BCUT2D eigenvalue weighted by molar-refractivity contribution is 8.19. The van der Waals surface area contributed by atoms with Crippen LogP contribution < -0.4 is 10.1 Å². The highest BCUT2D eigenvalue weighted by Gasteiger charge is 2.32. The molecule has 3 rings (SSSR count). The van der Waals surface area contributed by atoms with E-state index in [1.165, 1.54) is 18.2 Å². The summed E-state index contributed by atoms with van der Waals surface area (Å²) in [6, 6.07) is 13.6. The van der Waals surface area contributed by atoms with E-state index in [1.54, 1.807) is 6.07 Å². The second kappa shape index (κ2) is 8.93. The largest absolute Gasteiger partial charge is 0.573 e. The minimum Gasteiger partial charge on any atom is -0.406 e. The summed E-state index contributed by atoms with van der Waals surface area (Å²) < 4.78 is 41.8. The summed E-state index contributed by atoms with van der Waals surface area (Å²) in [6.07, 6.45) is -4.53. The number of para-hydroxylation sites is 1. The van der Waals surface area contributed by atoms with Crippen LogP contribution in [0.3, 0.4) is 0 Å². The lowest BCUT2D eigenvalue weighted by molar-refractivity contribution is -0.274. The van der Waals surface area contributed by atoms with Crippen LogP contribution >= 0.6 is 23.5 Å². The van der Waals surface area contributed by atoms with Crippen molar-refractivity contribution in [2.75, 3.05) is 16.8 Å². The zero-order valence-corrected chi connectivity index (χ0v) is 15.9. The van der Waals surface area contributed by atoms with Crippen LogP contribution in [0.15, 0.2) is 48.5 Å². The number of halogens is 3. The molecule has 1 aliphatic rings.